The van der Waals surface area contributed by atoms with E-state index in [4.69, 9.17) is 4.74 Å². The van der Waals surface area contributed by atoms with Gasteiger partial charge in [0.1, 0.15) is 0 Å². The highest BCUT2D eigenvalue weighted by Crippen LogP contribution is 2.35. The Balaban J connectivity index is 2.00. The summed E-state index contributed by atoms with van der Waals surface area (Å²) in [6.45, 7) is 3.69. The van der Waals surface area contributed by atoms with E-state index in [9.17, 15) is 5.11 Å². The maximum atomic E-state index is 9.74. The predicted octanol–water partition coefficient (Wildman–Crippen LogP) is 3.82. The van der Waals surface area contributed by atoms with E-state index in [1.807, 2.05) is 12.1 Å². The second-order valence-electron chi connectivity index (χ2n) is 4.31. The summed E-state index contributed by atoms with van der Waals surface area (Å²) >= 11 is 5.05. The SMILES string of the molecule is COc1cc(CNCc2cscc2C)cc(Br)c1O. The molecule has 0 aliphatic heterocycles. The first kappa shape index (κ1) is 14.4. The number of halogens is 1. The molecule has 0 atom stereocenters. The molecule has 0 saturated heterocycles. The van der Waals surface area contributed by atoms with Crippen LogP contribution in [-0.4, -0.2) is 12.2 Å². The van der Waals surface area contributed by atoms with Crippen molar-refractivity contribution in [3.8, 4) is 11.5 Å². The van der Waals surface area contributed by atoms with Crippen molar-refractivity contribution >= 4 is 27.3 Å². The summed E-state index contributed by atoms with van der Waals surface area (Å²) < 4.78 is 5.78. The molecule has 0 aliphatic carbocycles. The van der Waals surface area contributed by atoms with Crippen molar-refractivity contribution in [2.24, 2.45) is 0 Å². The third-order valence-corrected chi connectivity index (χ3v) is 4.43. The zero-order valence-corrected chi connectivity index (χ0v) is 13.3. The molecule has 1 heterocycles. The third kappa shape index (κ3) is 3.49. The molecule has 1 aromatic carbocycles. The van der Waals surface area contributed by atoms with Gasteiger partial charge in [-0.25, -0.2) is 0 Å². The Morgan fingerprint density at radius 2 is 2.11 bits per heavy atom. The van der Waals surface area contributed by atoms with Gasteiger partial charge in [-0.15, -0.1) is 0 Å². The summed E-state index contributed by atoms with van der Waals surface area (Å²) in [5, 5.41) is 17.4. The topological polar surface area (TPSA) is 41.5 Å². The average Bonchev–Trinajstić information content (AvgIpc) is 2.79. The zero-order chi connectivity index (χ0) is 13.8. The minimum absolute atomic E-state index is 0.139. The molecule has 0 saturated carbocycles. The van der Waals surface area contributed by atoms with Crippen molar-refractivity contribution in [3.63, 3.8) is 0 Å². The minimum atomic E-state index is 0.139. The highest BCUT2D eigenvalue weighted by molar-refractivity contribution is 9.10. The summed E-state index contributed by atoms with van der Waals surface area (Å²) in [5.74, 6) is 0.623. The lowest BCUT2D eigenvalue weighted by Gasteiger charge is -2.10. The van der Waals surface area contributed by atoms with Crippen LogP contribution in [0.5, 0.6) is 11.5 Å². The van der Waals surface area contributed by atoms with E-state index in [1.165, 1.54) is 11.1 Å². The fourth-order valence-corrected chi connectivity index (χ4v) is 3.14. The number of benzene rings is 1. The second kappa shape index (κ2) is 6.41. The number of aromatic hydroxyl groups is 1. The van der Waals surface area contributed by atoms with Gasteiger partial charge in [-0.3, -0.25) is 0 Å². The molecule has 0 unspecified atom stereocenters. The number of thiophene rings is 1. The van der Waals surface area contributed by atoms with Crippen molar-refractivity contribution in [2.45, 2.75) is 20.0 Å². The van der Waals surface area contributed by atoms with Crippen molar-refractivity contribution in [3.05, 3.63) is 44.1 Å². The Kier molecular flexibility index (Phi) is 4.85. The fraction of sp³-hybridized carbons (Fsp3) is 0.286. The largest absolute Gasteiger partial charge is 0.503 e. The quantitative estimate of drug-likeness (QED) is 0.868. The number of phenolic OH excluding ortho intramolecular Hbond substituents is 1. The van der Waals surface area contributed by atoms with Crippen LogP contribution < -0.4 is 10.1 Å². The smallest absolute Gasteiger partial charge is 0.172 e. The summed E-state index contributed by atoms with van der Waals surface area (Å²) in [5.41, 5.74) is 3.71. The molecule has 0 radical (unpaired) electrons. The lowest BCUT2D eigenvalue weighted by molar-refractivity contribution is 0.371. The molecule has 3 nitrogen and oxygen atoms in total. The highest BCUT2D eigenvalue weighted by Gasteiger charge is 2.08. The zero-order valence-electron chi connectivity index (χ0n) is 10.9. The molecule has 0 bridgehead atoms. The molecular weight excluding hydrogens is 326 g/mol. The number of hydrogen-bond acceptors (Lipinski definition) is 4. The van der Waals surface area contributed by atoms with Gasteiger partial charge in [0.15, 0.2) is 11.5 Å². The minimum Gasteiger partial charge on any atom is -0.503 e. The maximum absolute atomic E-state index is 9.74. The van der Waals surface area contributed by atoms with Gasteiger partial charge in [-0.05, 0) is 62.4 Å². The first-order chi connectivity index (χ1) is 9.11. The number of hydrogen-bond donors (Lipinski definition) is 2. The van der Waals surface area contributed by atoms with Crippen LogP contribution in [0, 0.1) is 6.92 Å². The molecule has 5 heteroatoms. The Morgan fingerprint density at radius 3 is 2.74 bits per heavy atom. The van der Waals surface area contributed by atoms with Gasteiger partial charge in [0.25, 0.3) is 0 Å². The Bertz CT molecular complexity index is 569. The molecule has 2 N–H and O–H groups in total. The van der Waals surface area contributed by atoms with E-state index >= 15 is 0 Å². The third-order valence-electron chi connectivity index (χ3n) is 2.91. The van der Waals surface area contributed by atoms with Crippen molar-refractivity contribution in [2.75, 3.05) is 7.11 Å². The average molecular weight is 342 g/mol. The molecule has 0 fully saturated rings. The molecule has 2 rings (SSSR count). The number of ether oxygens (including phenoxy) is 1. The molecule has 0 aliphatic rings. The summed E-state index contributed by atoms with van der Waals surface area (Å²) in [6, 6.07) is 3.74. The maximum Gasteiger partial charge on any atom is 0.172 e. The molecule has 2 aromatic rings. The van der Waals surface area contributed by atoms with Crippen LogP contribution in [0.1, 0.15) is 16.7 Å². The number of methoxy groups -OCH3 is 1. The van der Waals surface area contributed by atoms with Gasteiger partial charge in [-0.1, -0.05) is 0 Å². The highest BCUT2D eigenvalue weighted by atomic mass is 79.9. The fourth-order valence-electron chi connectivity index (χ4n) is 1.79. The van der Waals surface area contributed by atoms with Gasteiger partial charge in [-0.2, -0.15) is 11.3 Å². The Labute approximate surface area is 125 Å². The van der Waals surface area contributed by atoms with Gasteiger partial charge in [0.05, 0.1) is 11.6 Å². The lowest BCUT2D eigenvalue weighted by Crippen LogP contribution is -2.12. The van der Waals surface area contributed by atoms with Crippen LogP contribution in [-0.2, 0) is 13.1 Å². The lowest BCUT2D eigenvalue weighted by atomic mass is 10.2. The number of aryl methyl sites for hydroxylation is 1. The molecule has 0 amide bonds. The van der Waals surface area contributed by atoms with Crippen molar-refractivity contribution in [1.82, 2.24) is 5.32 Å². The van der Waals surface area contributed by atoms with Crippen LogP contribution >= 0.6 is 27.3 Å². The van der Waals surface area contributed by atoms with Crippen LogP contribution in [0.15, 0.2) is 27.4 Å². The van der Waals surface area contributed by atoms with Crippen LogP contribution in [0.3, 0.4) is 0 Å². The summed E-state index contributed by atoms with van der Waals surface area (Å²) in [4.78, 5) is 0. The van der Waals surface area contributed by atoms with Crippen molar-refractivity contribution < 1.29 is 9.84 Å². The molecule has 102 valence electrons. The van der Waals surface area contributed by atoms with Gasteiger partial charge < -0.3 is 15.2 Å². The van der Waals surface area contributed by atoms with E-state index < -0.39 is 0 Å². The van der Waals surface area contributed by atoms with E-state index in [1.54, 1.807) is 18.4 Å². The first-order valence-electron chi connectivity index (χ1n) is 5.89. The molecular formula is C14H16BrNO2S. The number of nitrogens with one attached hydrogen (secondary N) is 1. The van der Waals surface area contributed by atoms with Crippen molar-refractivity contribution in [1.29, 1.82) is 0 Å². The molecule has 0 spiro atoms. The van der Waals surface area contributed by atoms with Crippen LogP contribution in [0.4, 0.5) is 0 Å². The van der Waals surface area contributed by atoms with E-state index in [0.717, 1.165) is 18.7 Å². The van der Waals surface area contributed by atoms with Gasteiger partial charge in [0.2, 0.25) is 0 Å². The van der Waals surface area contributed by atoms with Gasteiger partial charge in [0, 0.05) is 13.1 Å². The molecule has 19 heavy (non-hydrogen) atoms. The number of phenols is 1. The van der Waals surface area contributed by atoms with E-state index in [0.29, 0.717) is 10.2 Å². The first-order valence-corrected chi connectivity index (χ1v) is 7.63. The Hall–Kier alpha value is -1.04. The second-order valence-corrected chi connectivity index (χ2v) is 5.91. The normalized spacial score (nSPS) is 10.7. The monoisotopic (exact) mass is 341 g/mol. The van der Waals surface area contributed by atoms with E-state index in [2.05, 4.69) is 38.9 Å². The Morgan fingerprint density at radius 1 is 1.32 bits per heavy atom. The van der Waals surface area contributed by atoms with E-state index in [-0.39, 0.29) is 5.75 Å². The van der Waals surface area contributed by atoms with Crippen LogP contribution in [0.2, 0.25) is 0 Å². The van der Waals surface area contributed by atoms with Gasteiger partial charge >= 0.3 is 0 Å². The summed E-state index contributed by atoms with van der Waals surface area (Å²) in [7, 11) is 1.55. The van der Waals surface area contributed by atoms with Crippen LogP contribution in [0.25, 0.3) is 0 Å². The predicted molar refractivity (Wildman–Crippen MR) is 82.0 cm³/mol. The standard InChI is InChI=1S/C14H16BrNO2S/c1-9-7-19-8-11(9)6-16-5-10-3-12(15)14(17)13(4-10)18-2/h3-4,7-8,16-17H,5-6H2,1-2H3. The molecule has 1 aromatic heterocycles. The number of rotatable bonds is 5. The summed E-state index contributed by atoms with van der Waals surface area (Å²) in [6.07, 6.45) is 0.